The summed E-state index contributed by atoms with van der Waals surface area (Å²) in [7, 11) is 0. The predicted molar refractivity (Wildman–Crippen MR) is 82.4 cm³/mol. The van der Waals surface area contributed by atoms with Crippen LogP contribution >= 0.6 is 0 Å². The molecule has 0 unspecified atom stereocenters. The molecule has 2 aromatic rings. The molecule has 0 fully saturated rings. The Kier molecular flexibility index (Phi) is 5.14. The van der Waals surface area contributed by atoms with Crippen LogP contribution in [-0.4, -0.2) is 29.4 Å². The molecule has 0 aliphatic heterocycles. The van der Waals surface area contributed by atoms with Crippen molar-refractivity contribution in [2.24, 2.45) is 0 Å². The molecule has 120 valence electrons. The zero-order chi connectivity index (χ0) is 16.8. The fourth-order valence-electron chi connectivity index (χ4n) is 1.84. The average molecular weight is 316 g/mol. The van der Waals surface area contributed by atoms with Crippen LogP contribution in [0.25, 0.3) is 0 Å². The van der Waals surface area contributed by atoms with Crippen molar-refractivity contribution in [2.45, 2.75) is 13.3 Å². The van der Waals surface area contributed by atoms with Crippen molar-refractivity contribution in [2.75, 3.05) is 11.9 Å². The second-order valence-electron chi connectivity index (χ2n) is 4.84. The Morgan fingerprint density at radius 1 is 1.04 bits per heavy atom. The van der Waals surface area contributed by atoms with E-state index in [9.17, 15) is 14.4 Å². The van der Waals surface area contributed by atoms with Crippen molar-refractivity contribution in [3.63, 3.8) is 0 Å². The zero-order valence-electron chi connectivity index (χ0n) is 12.5. The van der Waals surface area contributed by atoms with E-state index in [1.54, 1.807) is 43.3 Å². The number of carboxylic acid groups (broad SMARTS) is 1. The van der Waals surface area contributed by atoms with Crippen molar-refractivity contribution in [1.82, 2.24) is 5.32 Å². The molecule has 1 aromatic carbocycles. The molecular weight excluding hydrogens is 300 g/mol. The molecular formula is C16H16N2O5. The highest BCUT2D eigenvalue weighted by Gasteiger charge is 2.11. The minimum Gasteiger partial charge on any atom is -0.481 e. The van der Waals surface area contributed by atoms with Gasteiger partial charge in [0.1, 0.15) is 5.76 Å². The number of furan rings is 1. The second-order valence-corrected chi connectivity index (χ2v) is 4.84. The first-order valence-corrected chi connectivity index (χ1v) is 6.93. The molecule has 0 radical (unpaired) electrons. The summed E-state index contributed by atoms with van der Waals surface area (Å²) in [5, 5.41) is 13.7. The molecule has 2 rings (SSSR count). The molecule has 0 saturated heterocycles. The first kappa shape index (κ1) is 16.3. The monoisotopic (exact) mass is 316 g/mol. The Morgan fingerprint density at radius 2 is 1.74 bits per heavy atom. The van der Waals surface area contributed by atoms with Gasteiger partial charge in [-0.2, -0.15) is 0 Å². The van der Waals surface area contributed by atoms with Gasteiger partial charge in [0.05, 0.1) is 6.42 Å². The van der Waals surface area contributed by atoms with Gasteiger partial charge in [0, 0.05) is 17.8 Å². The third kappa shape index (κ3) is 4.70. The van der Waals surface area contributed by atoms with Gasteiger partial charge in [0.15, 0.2) is 5.76 Å². The molecule has 3 N–H and O–H groups in total. The van der Waals surface area contributed by atoms with E-state index in [1.165, 1.54) is 0 Å². The molecule has 0 bridgehead atoms. The summed E-state index contributed by atoms with van der Waals surface area (Å²) in [6.45, 7) is 1.80. The van der Waals surface area contributed by atoms with Gasteiger partial charge in [-0.05, 0) is 43.3 Å². The van der Waals surface area contributed by atoms with Crippen LogP contribution in [0.4, 0.5) is 5.69 Å². The minimum atomic E-state index is -0.975. The first-order chi connectivity index (χ1) is 11.0. The van der Waals surface area contributed by atoms with Crippen molar-refractivity contribution >= 4 is 23.5 Å². The molecule has 0 aliphatic carbocycles. The lowest BCUT2D eigenvalue weighted by Gasteiger charge is -2.06. The average Bonchev–Trinajstić information content (AvgIpc) is 2.94. The van der Waals surface area contributed by atoms with Crippen molar-refractivity contribution in [3.05, 3.63) is 53.5 Å². The van der Waals surface area contributed by atoms with E-state index < -0.39 is 5.97 Å². The molecule has 23 heavy (non-hydrogen) atoms. The topological polar surface area (TPSA) is 109 Å². The van der Waals surface area contributed by atoms with Gasteiger partial charge in [0.25, 0.3) is 11.8 Å². The summed E-state index contributed by atoms with van der Waals surface area (Å²) < 4.78 is 5.22. The molecule has 7 heteroatoms. The number of nitrogens with one attached hydrogen (secondary N) is 2. The van der Waals surface area contributed by atoms with Gasteiger partial charge in [0.2, 0.25) is 0 Å². The Labute approximate surface area is 132 Å². The molecule has 7 nitrogen and oxygen atoms in total. The van der Waals surface area contributed by atoms with E-state index in [-0.39, 0.29) is 30.5 Å². The fourth-order valence-corrected chi connectivity index (χ4v) is 1.84. The predicted octanol–water partition coefficient (Wildman–Crippen LogP) is 2.04. The second kappa shape index (κ2) is 7.26. The molecule has 1 heterocycles. The Morgan fingerprint density at radius 3 is 2.30 bits per heavy atom. The maximum atomic E-state index is 11.9. The number of hydrogen-bond acceptors (Lipinski definition) is 4. The fraction of sp³-hybridized carbons (Fsp3) is 0.188. The lowest BCUT2D eigenvalue weighted by atomic mass is 10.2. The van der Waals surface area contributed by atoms with Gasteiger partial charge >= 0.3 is 5.97 Å². The van der Waals surface area contributed by atoms with Crippen LogP contribution in [0, 0.1) is 6.92 Å². The van der Waals surface area contributed by atoms with Crippen LogP contribution in [0.5, 0.6) is 0 Å². The van der Waals surface area contributed by atoms with Gasteiger partial charge in [-0.15, -0.1) is 0 Å². The maximum absolute atomic E-state index is 11.9. The molecule has 0 saturated carbocycles. The third-order valence-corrected chi connectivity index (χ3v) is 2.99. The zero-order valence-corrected chi connectivity index (χ0v) is 12.5. The highest BCUT2D eigenvalue weighted by molar-refractivity contribution is 6.02. The van der Waals surface area contributed by atoms with E-state index in [1.807, 2.05) is 0 Å². The first-order valence-electron chi connectivity index (χ1n) is 6.93. The van der Waals surface area contributed by atoms with E-state index in [2.05, 4.69) is 10.6 Å². The van der Waals surface area contributed by atoms with Crippen LogP contribution in [0.3, 0.4) is 0 Å². The molecule has 0 spiro atoms. The highest BCUT2D eigenvalue weighted by atomic mass is 16.4. The third-order valence-electron chi connectivity index (χ3n) is 2.99. The van der Waals surface area contributed by atoms with E-state index >= 15 is 0 Å². The van der Waals surface area contributed by atoms with E-state index in [4.69, 9.17) is 9.52 Å². The Hall–Kier alpha value is -3.09. The summed E-state index contributed by atoms with van der Waals surface area (Å²) in [5.41, 5.74) is 0.897. The number of benzene rings is 1. The van der Waals surface area contributed by atoms with E-state index in [0.717, 1.165) is 0 Å². The summed E-state index contributed by atoms with van der Waals surface area (Å²) in [4.78, 5) is 34.1. The summed E-state index contributed by atoms with van der Waals surface area (Å²) in [6, 6.07) is 9.52. The SMILES string of the molecule is Cc1ccc(C(=O)Nc2ccc(C(=O)NCCC(=O)O)cc2)o1. The molecule has 0 atom stereocenters. The normalized spacial score (nSPS) is 10.1. The molecule has 0 aliphatic rings. The lowest BCUT2D eigenvalue weighted by molar-refractivity contribution is -0.136. The number of carbonyl (C=O) groups is 3. The number of amides is 2. The molecule has 1 aromatic heterocycles. The highest BCUT2D eigenvalue weighted by Crippen LogP contribution is 2.13. The van der Waals surface area contributed by atoms with Crippen molar-refractivity contribution in [1.29, 1.82) is 0 Å². The maximum Gasteiger partial charge on any atom is 0.305 e. The minimum absolute atomic E-state index is 0.0600. The Bertz CT molecular complexity index is 718. The smallest absolute Gasteiger partial charge is 0.305 e. The van der Waals surface area contributed by atoms with Gasteiger partial charge in [-0.1, -0.05) is 0 Å². The van der Waals surface area contributed by atoms with Crippen LogP contribution in [0.15, 0.2) is 40.8 Å². The standard InChI is InChI=1S/C16H16N2O5/c1-10-2-7-13(23-10)16(22)18-12-5-3-11(4-6-12)15(21)17-9-8-14(19)20/h2-7H,8-9H2,1H3,(H,17,21)(H,18,22)(H,19,20). The van der Waals surface area contributed by atoms with Crippen molar-refractivity contribution in [3.8, 4) is 0 Å². The summed E-state index contributed by atoms with van der Waals surface area (Å²) in [5.74, 6) is -0.874. The van der Waals surface area contributed by atoms with Crippen LogP contribution in [0.2, 0.25) is 0 Å². The Balaban J connectivity index is 1.92. The lowest BCUT2D eigenvalue weighted by Crippen LogP contribution is -2.25. The quantitative estimate of drug-likeness (QED) is 0.755. The van der Waals surface area contributed by atoms with Gasteiger partial charge < -0.3 is 20.2 Å². The number of anilines is 1. The van der Waals surface area contributed by atoms with Crippen molar-refractivity contribution < 1.29 is 23.9 Å². The summed E-state index contributed by atoms with van der Waals surface area (Å²) >= 11 is 0. The molecule has 2 amide bonds. The van der Waals surface area contributed by atoms with Gasteiger partial charge in [-0.3, -0.25) is 14.4 Å². The number of carboxylic acids is 1. The number of aryl methyl sites for hydroxylation is 1. The largest absolute Gasteiger partial charge is 0.481 e. The van der Waals surface area contributed by atoms with Crippen LogP contribution in [-0.2, 0) is 4.79 Å². The van der Waals surface area contributed by atoms with Gasteiger partial charge in [-0.25, -0.2) is 0 Å². The number of rotatable bonds is 6. The number of hydrogen-bond donors (Lipinski definition) is 3. The summed E-state index contributed by atoms with van der Waals surface area (Å²) in [6.07, 6.45) is -0.136. The van der Waals surface area contributed by atoms with Crippen LogP contribution < -0.4 is 10.6 Å². The number of aliphatic carboxylic acids is 1. The van der Waals surface area contributed by atoms with E-state index in [0.29, 0.717) is 17.0 Å². The van der Waals surface area contributed by atoms with Crippen LogP contribution in [0.1, 0.15) is 33.1 Å². The number of carbonyl (C=O) groups excluding carboxylic acids is 2.